The quantitative estimate of drug-likeness (QED) is 0.679. The zero-order chi connectivity index (χ0) is 17.9. The number of amides is 1. The van der Waals surface area contributed by atoms with Crippen molar-refractivity contribution >= 4 is 5.91 Å². The van der Waals surface area contributed by atoms with Gasteiger partial charge in [0.15, 0.2) is 6.29 Å². The van der Waals surface area contributed by atoms with E-state index in [9.17, 15) is 15.0 Å². The summed E-state index contributed by atoms with van der Waals surface area (Å²) in [6.45, 7) is 7.41. The Morgan fingerprint density at radius 2 is 1.96 bits per heavy atom. The Bertz CT molecular complexity index is 429. The minimum atomic E-state index is -0.654. The number of aliphatic hydroxyl groups excluding tert-OH is 2. The molecule has 3 N–H and O–H groups in total. The van der Waals surface area contributed by atoms with Gasteiger partial charge in [0.05, 0.1) is 36.6 Å². The molecule has 2 aliphatic heterocycles. The van der Waals surface area contributed by atoms with Crippen LogP contribution >= 0.6 is 0 Å². The van der Waals surface area contributed by atoms with Gasteiger partial charge in [-0.05, 0) is 33.6 Å². The molecule has 0 aromatic carbocycles. The molecule has 6 atom stereocenters. The fourth-order valence-electron chi connectivity index (χ4n) is 3.38. The molecule has 0 aromatic rings. The van der Waals surface area contributed by atoms with Gasteiger partial charge in [-0.2, -0.15) is 0 Å². The number of nitrogens with one attached hydrogen (secondary N) is 1. The smallest absolute Gasteiger partial charge is 0.217 e. The summed E-state index contributed by atoms with van der Waals surface area (Å²) >= 11 is 0. The van der Waals surface area contributed by atoms with E-state index in [4.69, 9.17) is 14.2 Å². The monoisotopic (exact) mass is 345 g/mol. The molecule has 2 fully saturated rings. The number of carbonyl (C=O) groups is 1. The molecule has 2 heterocycles. The lowest BCUT2D eigenvalue weighted by atomic mass is 9.88. The molecule has 24 heavy (non-hydrogen) atoms. The molecule has 2 aliphatic rings. The lowest BCUT2D eigenvalue weighted by Gasteiger charge is -2.42. The second kappa shape index (κ2) is 8.10. The van der Waals surface area contributed by atoms with Crippen molar-refractivity contribution in [2.24, 2.45) is 0 Å². The molecule has 0 bridgehead atoms. The molecule has 7 nitrogen and oxygen atoms in total. The van der Waals surface area contributed by atoms with E-state index in [1.165, 1.54) is 6.92 Å². The van der Waals surface area contributed by atoms with Crippen molar-refractivity contribution < 1.29 is 29.2 Å². The van der Waals surface area contributed by atoms with E-state index in [2.05, 4.69) is 5.32 Å². The third-order valence-corrected chi connectivity index (χ3v) is 4.68. The molecule has 0 radical (unpaired) electrons. The third kappa shape index (κ3) is 5.39. The van der Waals surface area contributed by atoms with Gasteiger partial charge in [0.1, 0.15) is 6.10 Å². The van der Waals surface area contributed by atoms with Crippen LogP contribution in [-0.4, -0.2) is 65.1 Å². The van der Waals surface area contributed by atoms with E-state index in [0.29, 0.717) is 19.3 Å². The van der Waals surface area contributed by atoms with Crippen molar-refractivity contribution in [2.75, 3.05) is 6.61 Å². The Morgan fingerprint density at radius 1 is 1.25 bits per heavy atom. The summed E-state index contributed by atoms with van der Waals surface area (Å²) < 4.78 is 17.4. The summed E-state index contributed by atoms with van der Waals surface area (Å²) in [6, 6.07) is 0. The van der Waals surface area contributed by atoms with Crippen LogP contribution in [0.5, 0.6) is 0 Å². The van der Waals surface area contributed by atoms with Gasteiger partial charge in [0, 0.05) is 19.8 Å². The maximum absolute atomic E-state index is 11.4. The van der Waals surface area contributed by atoms with Gasteiger partial charge in [-0.25, -0.2) is 0 Å². The normalized spacial score (nSPS) is 37.9. The highest BCUT2D eigenvalue weighted by Crippen LogP contribution is 2.28. The van der Waals surface area contributed by atoms with Crippen molar-refractivity contribution in [1.82, 2.24) is 5.32 Å². The highest BCUT2D eigenvalue weighted by atomic mass is 16.7. The molecular formula is C17H31NO6. The van der Waals surface area contributed by atoms with Gasteiger partial charge in [-0.3, -0.25) is 4.79 Å². The average Bonchev–Trinajstić information content (AvgIpc) is 2.46. The molecule has 7 heteroatoms. The molecular weight excluding hydrogens is 314 g/mol. The van der Waals surface area contributed by atoms with E-state index in [0.717, 1.165) is 6.42 Å². The summed E-state index contributed by atoms with van der Waals surface area (Å²) in [6.07, 6.45) is 0.0256. The van der Waals surface area contributed by atoms with E-state index >= 15 is 0 Å². The van der Waals surface area contributed by atoms with E-state index in [-0.39, 0.29) is 30.8 Å². The van der Waals surface area contributed by atoms with Crippen LogP contribution in [0.15, 0.2) is 0 Å². The van der Waals surface area contributed by atoms with Crippen molar-refractivity contribution in [3.63, 3.8) is 0 Å². The molecule has 0 saturated carbocycles. The highest BCUT2D eigenvalue weighted by molar-refractivity contribution is 5.73. The van der Waals surface area contributed by atoms with Gasteiger partial charge in [0.2, 0.25) is 5.91 Å². The minimum Gasteiger partial charge on any atom is -0.393 e. The second-order valence-electron chi connectivity index (χ2n) is 7.57. The molecule has 0 unspecified atom stereocenters. The second-order valence-corrected chi connectivity index (χ2v) is 7.57. The molecule has 1 amide bonds. The topological polar surface area (TPSA) is 97.3 Å². The number of rotatable bonds is 5. The van der Waals surface area contributed by atoms with Crippen LogP contribution in [0.25, 0.3) is 0 Å². The first kappa shape index (κ1) is 19.6. The number of carbonyl (C=O) groups excluding carboxylic acids is 1. The standard InChI is InChI=1S/C17H31NO6/c1-10-5-6-14(21)16(23-10)22-9-13-7-12(20)8-15(24-13)17(3,4)18-11(2)19/h10,12-16,20-21H,5-9H2,1-4H3,(H,18,19)/t10-,12-,13-,14-,15+,16+/m0/s1. The Kier molecular flexibility index (Phi) is 6.61. The predicted octanol–water partition coefficient (Wildman–Crippen LogP) is 0.712. The number of aliphatic hydroxyl groups is 2. The van der Waals surface area contributed by atoms with Gasteiger partial charge in [-0.1, -0.05) is 0 Å². The Balaban J connectivity index is 1.89. The summed E-state index contributed by atoms with van der Waals surface area (Å²) in [5.74, 6) is -0.135. The van der Waals surface area contributed by atoms with Crippen LogP contribution < -0.4 is 5.32 Å². The first-order valence-electron chi connectivity index (χ1n) is 8.74. The number of hydrogen-bond donors (Lipinski definition) is 3. The maximum Gasteiger partial charge on any atom is 0.217 e. The molecule has 140 valence electrons. The van der Waals surface area contributed by atoms with Gasteiger partial charge < -0.3 is 29.7 Å². The zero-order valence-electron chi connectivity index (χ0n) is 15.0. The van der Waals surface area contributed by atoms with E-state index < -0.39 is 24.0 Å². The number of hydrogen-bond acceptors (Lipinski definition) is 6. The first-order valence-corrected chi connectivity index (χ1v) is 8.74. The summed E-state index contributed by atoms with van der Waals surface area (Å²) in [5.41, 5.74) is -0.582. The largest absolute Gasteiger partial charge is 0.393 e. The molecule has 0 aliphatic carbocycles. The molecule has 2 saturated heterocycles. The third-order valence-electron chi connectivity index (χ3n) is 4.68. The molecule has 0 spiro atoms. The lowest BCUT2D eigenvalue weighted by molar-refractivity contribution is -0.253. The van der Waals surface area contributed by atoms with Gasteiger partial charge in [0.25, 0.3) is 0 Å². The van der Waals surface area contributed by atoms with Crippen LogP contribution in [0.3, 0.4) is 0 Å². The summed E-state index contributed by atoms with van der Waals surface area (Å²) in [7, 11) is 0. The Hall–Kier alpha value is -0.730. The van der Waals surface area contributed by atoms with E-state index in [1.54, 1.807) is 0 Å². The summed E-state index contributed by atoms with van der Waals surface area (Å²) in [5, 5.41) is 23.0. The van der Waals surface area contributed by atoms with Crippen molar-refractivity contribution in [3.8, 4) is 0 Å². The zero-order valence-corrected chi connectivity index (χ0v) is 15.0. The van der Waals surface area contributed by atoms with Gasteiger partial charge >= 0.3 is 0 Å². The minimum absolute atomic E-state index is 0.0581. The fraction of sp³-hybridized carbons (Fsp3) is 0.941. The lowest BCUT2D eigenvalue weighted by Crippen LogP contribution is -2.57. The predicted molar refractivity (Wildman–Crippen MR) is 87.3 cm³/mol. The van der Waals surface area contributed by atoms with Crippen molar-refractivity contribution in [3.05, 3.63) is 0 Å². The number of ether oxygens (including phenoxy) is 3. The van der Waals surface area contributed by atoms with Gasteiger partial charge in [-0.15, -0.1) is 0 Å². The van der Waals surface area contributed by atoms with Crippen LogP contribution in [-0.2, 0) is 19.0 Å². The average molecular weight is 345 g/mol. The van der Waals surface area contributed by atoms with E-state index in [1.807, 2.05) is 20.8 Å². The molecule has 0 aromatic heterocycles. The van der Waals surface area contributed by atoms with Crippen molar-refractivity contribution in [1.29, 1.82) is 0 Å². The van der Waals surface area contributed by atoms with Crippen LogP contribution in [0.4, 0.5) is 0 Å². The summed E-state index contributed by atoms with van der Waals surface area (Å²) in [4.78, 5) is 11.4. The van der Waals surface area contributed by atoms with Crippen LogP contribution in [0, 0.1) is 0 Å². The van der Waals surface area contributed by atoms with Crippen molar-refractivity contribution in [2.45, 2.75) is 95.7 Å². The maximum atomic E-state index is 11.4. The SMILES string of the molecule is CC(=O)NC(C)(C)[C@H]1C[C@@H](O)C[C@@H](CO[C@@H]2O[C@@H](C)CC[C@@H]2O)O1. The molecule has 2 rings (SSSR count). The Morgan fingerprint density at radius 3 is 2.62 bits per heavy atom. The van der Waals surface area contributed by atoms with Crippen LogP contribution in [0.2, 0.25) is 0 Å². The fourth-order valence-corrected chi connectivity index (χ4v) is 3.38. The van der Waals surface area contributed by atoms with Crippen LogP contribution in [0.1, 0.15) is 53.4 Å². The first-order chi connectivity index (χ1) is 11.2. The Labute approximate surface area is 143 Å². The highest BCUT2D eigenvalue weighted by Gasteiger charge is 2.39.